The second-order valence-corrected chi connectivity index (χ2v) is 4.47. The highest BCUT2D eigenvalue weighted by Crippen LogP contribution is 2.31. The molecular formula is C11H10BrF2N3. The largest absolute Gasteiger partial charge is 0.384 e. The van der Waals surface area contributed by atoms with Crippen LogP contribution in [-0.2, 0) is 7.05 Å². The van der Waals surface area contributed by atoms with Crippen LogP contribution in [0.25, 0.3) is 11.3 Å². The monoisotopic (exact) mass is 301 g/mol. The van der Waals surface area contributed by atoms with E-state index in [9.17, 15) is 8.78 Å². The van der Waals surface area contributed by atoms with E-state index in [1.54, 1.807) is 25.2 Å². The zero-order valence-corrected chi connectivity index (χ0v) is 10.6. The van der Waals surface area contributed by atoms with E-state index in [4.69, 9.17) is 5.73 Å². The Morgan fingerprint density at radius 1 is 1.35 bits per heavy atom. The van der Waals surface area contributed by atoms with Crippen LogP contribution in [0, 0.1) is 0 Å². The molecule has 0 radical (unpaired) electrons. The van der Waals surface area contributed by atoms with Gasteiger partial charge < -0.3 is 5.73 Å². The van der Waals surface area contributed by atoms with Gasteiger partial charge in [-0.2, -0.15) is 5.10 Å². The van der Waals surface area contributed by atoms with Gasteiger partial charge in [-0.1, -0.05) is 28.1 Å². The van der Waals surface area contributed by atoms with E-state index < -0.39 is 6.43 Å². The van der Waals surface area contributed by atoms with Gasteiger partial charge in [0.2, 0.25) is 0 Å². The molecule has 0 aliphatic rings. The van der Waals surface area contributed by atoms with Crippen molar-refractivity contribution in [1.29, 1.82) is 0 Å². The van der Waals surface area contributed by atoms with Crippen LogP contribution >= 0.6 is 15.9 Å². The van der Waals surface area contributed by atoms with Crippen LogP contribution in [0.1, 0.15) is 12.0 Å². The average Bonchev–Trinajstić information content (AvgIpc) is 2.58. The van der Waals surface area contributed by atoms with Gasteiger partial charge in [0.25, 0.3) is 6.43 Å². The van der Waals surface area contributed by atoms with Crippen molar-refractivity contribution in [2.75, 3.05) is 5.73 Å². The van der Waals surface area contributed by atoms with Crippen LogP contribution in [0.5, 0.6) is 0 Å². The van der Waals surface area contributed by atoms with Crippen LogP contribution in [-0.4, -0.2) is 9.78 Å². The quantitative estimate of drug-likeness (QED) is 0.924. The summed E-state index contributed by atoms with van der Waals surface area (Å²) in [6, 6.07) is 6.30. The molecule has 0 spiro atoms. The summed E-state index contributed by atoms with van der Waals surface area (Å²) in [6.07, 6.45) is -2.49. The number of hydrogen-bond donors (Lipinski definition) is 1. The number of anilines is 1. The third kappa shape index (κ3) is 2.31. The van der Waals surface area contributed by atoms with E-state index in [0.717, 1.165) is 5.56 Å². The van der Waals surface area contributed by atoms with Crippen molar-refractivity contribution >= 4 is 21.7 Å². The SMILES string of the molecule is Cn1nc(-c2ccc(C(F)F)c(Br)c2)cc1N. The minimum absolute atomic E-state index is 0.0300. The van der Waals surface area contributed by atoms with E-state index in [1.807, 2.05) is 0 Å². The van der Waals surface area contributed by atoms with Crippen LogP contribution in [0.15, 0.2) is 28.7 Å². The molecule has 0 saturated carbocycles. The first-order chi connectivity index (χ1) is 7.99. The predicted molar refractivity (Wildman–Crippen MR) is 65.7 cm³/mol. The van der Waals surface area contributed by atoms with E-state index in [1.165, 1.54) is 10.7 Å². The number of hydrogen-bond acceptors (Lipinski definition) is 2. The van der Waals surface area contributed by atoms with Crippen molar-refractivity contribution in [3.8, 4) is 11.3 Å². The standard InChI is InChI=1S/C11H10BrF2N3/c1-17-10(15)5-9(16-17)6-2-3-7(11(13)14)8(12)4-6/h2-5,11H,15H2,1H3. The lowest BCUT2D eigenvalue weighted by Gasteiger charge is -2.04. The molecular weight excluding hydrogens is 292 g/mol. The van der Waals surface area contributed by atoms with Crippen LogP contribution in [0.2, 0.25) is 0 Å². The van der Waals surface area contributed by atoms with Crippen LogP contribution < -0.4 is 5.73 Å². The predicted octanol–water partition coefficient (Wildman–Crippen LogP) is 3.37. The molecule has 0 aliphatic heterocycles. The van der Waals surface area contributed by atoms with Gasteiger partial charge in [-0.3, -0.25) is 4.68 Å². The lowest BCUT2D eigenvalue weighted by molar-refractivity contribution is 0.150. The molecule has 0 amide bonds. The number of nitrogen functional groups attached to an aromatic ring is 1. The van der Waals surface area contributed by atoms with Gasteiger partial charge in [-0.15, -0.1) is 0 Å². The topological polar surface area (TPSA) is 43.8 Å². The number of benzene rings is 1. The summed E-state index contributed by atoms with van der Waals surface area (Å²) in [5.74, 6) is 0.522. The Balaban J connectivity index is 2.44. The zero-order valence-electron chi connectivity index (χ0n) is 8.99. The maximum atomic E-state index is 12.6. The van der Waals surface area contributed by atoms with Crippen molar-refractivity contribution in [1.82, 2.24) is 9.78 Å². The highest BCUT2D eigenvalue weighted by Gasteiger charge is 2.13. The first-order valence-corrected chi connectivity index (χ1v) is 5.66. The minimum atomic E-state index is -2.49. The van der Waals surface area contributed by atoms with Crippen LogP contribution in [0.4, 0.5) is 14.6 Å². The normalized spacial score (nSPS) is 11.1. The number of nitrogens with two attached hydrogens (primary N) is 1. The van der Waals surface area contributed by atoms with E-state index >= 15 is 0 Å². The van der Waals surface area contributed by atoms with Crippen molar-refractivity contribution in [2.24, 2.45) is 7.05 Å². The maximum Gasteiger partial charge on any atom is 0.264 e. The van der Waals surface area contributed by atoms with E-state index in [-0.39, 0.29) is 5.56 Å². The molecule has 90 valence electrons. The zero-order chi connectivity index (χ0) is 12.6. The fourth-order valence-corrected chi connectivity index (χ4v) is 2.04. The molecule has 2 aromatic rings. The summed E-state index contributed by atoms with van der Waals surface area (Å²) >= 11 is 3.12. The third-order valence-corrected chi connectivity index (χ3v) is 3.13. The number of aromatic nitrogens is 2. The summed E-state index contributed by atoms with van der Waals surface area (Å²) < 4.78 is 27.0. The Bertz CT molecular complexity index is 532. The lowest BCUT2D eigenvalue weighted by atomic mass is 10.1. The summed E-state index contributed by atoms with van der Waals surface area (Å²) in [4.78, 5) is 0. The fraction of sp³-hybridized carbons (Fsp3) is 0.182. The van der Waals surface area contributed by atoms with Gasteiger partial charge in [0.05, 0.1) is 5.69 Å². The summed E-state index contributed by atoms with van der Waals surface area (Å²) in [5.41, 5.74) is 7.04. The maximum absolute atomic E-state index is 12.6. The van der Waals surface area contributed by atoms with E-state index in [2.05, 4.69) is 21.0 Å². The molecule has 6 heteroatoms. The van der Waals surface area contributed by atoms with Crippen molar-refractivity contribution in [3.05, 3.63) is 34.3 Å². The van der Waals surface area contributed by atoms with Gasteiger partial charge >= 0.3 is 0 Å². The molecule has 0 saturated heterocycles. The van der Waals surface area contributed by atoms with Gasteiger partial charge in [-0.05, 0) is 6.07 Å². The Labute approximate surface area is 105 Å². The molecule has 17 heavy (non-hydrogen) atoms. The second-order valence-electron chi connectivity index (χ2n) is 3.62. The molecule has 2 N–H and O–H groups in total. The molecule has 2 rings (SSSR count). The molecule has 1 aromatic heterocycles. The summed E-state index contributed by atoms with van der Waals surface area (Å²) in [5, 5.41) is 4.18. The first kappa shape index (κ1) is 12.0. The van der Waals surface area contributed by atoms with Gasteiger partial charge in [0, 0.05) is 28.7 Å². The lowest BCUT2D eigenvalue weighted by Crippen LogP contribution is -1.96. The number of halogens is 3. The van der Waals surface area contributed by atoms with Crippen molar-refractivity contribution in [3.63, 3.8) is 0 Å². The molecule has 1 aromatic carbocycles. The third-order valence-electron chi connectivity index (χ3n) is 2.45. The van der Waals surface area contributed by atoms with Gasteiger partial charge in [0.1, 0.15) is 5.82 Å². The summed E-state index contributed by atoms with van der Waals surface area (Å²) in [6.45, 7) is 0. The van der Waals surface area contributed by atoms with Crippen molar-refractivity contribution < 1.29 is 8.78 Å². The molecule has 0 atom stereocenters. The Morgan fingerprint density at radius 3 is 2.53 bits per heavy atom. The number of alkyl halides is 2. The minimum Gasteiger partial charge on any atom is -0.384 e. The van der Waals surface area contributed by atoms with Crippen molar-refractivity contribution in [2.45, 2.75) is 6.43 Å². The smallest absolute Gasteiger partial charge is 0.264 e. The van der Waals surface area contributed by atoms with Crippen LogP contribution in [0.3, 0.4) is 0 Å². The molecule has 0 unspecified atom stereocenters. The molecule has 0 aliphatic carbocycles. The average molecular weight is 302 g/mol. The molecule has 0 bridgehead atoms. The Hall–Kier alpha value is -1.43. The molecule has 3 nitrogen and oxygen atoms in total. The van der Waals surface area contributed by atoms with E-state index in [0.29, 0.717) is 16.0 Å². The number of aryl methyl sites for hydroxylation is 1. The fourth-order valence-electron chi connectivity index (χ4n) is 1.49. The Morgan fingerprint density at radius 2 is 2.06 bits per heavy atom. The van der Waals surface area contributed by atoms with Gasteiger partial charge in [0.15, 0.2) is 0 Å². The highest BCUT2D eigenvalue weighted by atomic mass is 79.9. The van der Waals surface area contributed by atoms with Gasteiger partial charge in [-0.25, -0.2) is 8.78 Å². The Kier molecular flexibility index (Phi) is 3.15. The number of rotatable bonds is 2. The molecule has 1 heterocycles. The summed E-state index contributed by atoms with van der Waals surface area (Å²) in [7, 11) is 1.72. The highest BCUT2D eigenvalue weighted by molar-refractivity contribution is 9.10. The molecule has 0 fully saturated rings. The first-order valence-electron chi connectivity index (χ1n) is 4.86. The second kappa shape index (κ2) is 4.44. The number of nitrogens with zero attached hydrogens (tertiary/aromatic N) is 2.